The third-order valence-electron chi connectivity index (χ3n) is 3.76. The second-order valence-electron chi connectivity index (χ2n) is 5.15. The van der Waals surface area contributed by atoms with Crippen molar-refractivity contribution in [2.75, 3.05) is 6.54 Å². The highest BCUT2D eigenvalue weighted by molar-refractivity contribution is 5.97. The van der Waals surface area contributed by atoms with E-state index in [0.717, 1.165) is 12.8 Å². The number of piperidine rings is 1. The zero-order valence-corrected chi connectivity index (χ0v) is 11.8. The lowest BCUT2D eigenvalue weighted by Gasteiger charge is -2.33. The minimum absolute atomic E-state index is 0.276. The van der Waals surface area contributed by atoms with Gasteiger partial charge in [-0.25, -0.2) is 9.48 Å². The molecule has 0 spiro atoms. The molecule has 1 aromatic heterocycles. The predicted molar refractivity (Wildman–Crippen MR) is 75.5 cm³/mol. The fourth-order valence-corrected chi connectivity index (χ4v) is 2.66. The monoisotopic (exact) mass is 301 g/mol. The Kier molecular flexibility index (Phi) is 3.82. The Hall–Kier alpha value is -2.77. The molecule has 1 fully saturated rings. The predicted octanol–water partition coefficient (Wildman–Crippen LogP) is 0.742. The molecular weight excluding hydrogens is 286 g/mol. The number of hydrogen-bond donors (Lipinski definition) is 1. The van der Waals surface area contributed by atoms with Crippen LogP contribution in [-0.2, 0) is 4.79 Å². The van der Waals surface area contributed by atoms with Crippen molar-refractivity contribution >= 4 is 11.9 Å². The fraction of sp³-hybridized carbons (Fsp3) is 0.357. The van der Waals surface area contributed by atoms with Crippen LogP contribution in [0.2, 0.25) is 0 Å². The van der Waals surface area contributed by atoms with Gasteiger partial charge in [0.2, 0.25) is 0 Å². The summed E-state index contributed by atoms with van der Waals surface area (Å²) in [7, 11) is 0. The van der Waals surface area contributed by atoms with Crippen LogP contribution in [0.15, 0.2) is 30.6 Å². The number of benzene rings is 1. The van der Waals surface area contributed by atoms with E-state index in [4.69, 9.17) is 0 Å². The molecule has 22 heavy (non-hydrogen) atoms. The zero-order valence-electron chi connectivity index (χ0n) is 11.8. The van der Waals surface area contributed by atoms with E-state index in [9.17, 15) is 14.7 Å². The summed E-state index contributed by atoms with van der Waals surface area (Å²) in [5.41, 5.74) is 1.08. The van der Waals surface area contributed by atoms with Crippen molar-refractivity contribution in [2.45, 2.75) is 25.3 Å². The number of tetrazole rings is 1. The summed E-state index contributed by atoms with van der Waals surface area (Å²) >= 11 is 0. The van der Waals surface area contributed by atoms with Gasteiger partial charge in [-0.15, -0.1) is 5.10 Å². The summed E-state index contributed by atoms with van der Waals surface area (Å²) in [6.07, 6.45) is 3.58. The molecular formula is C14H15N5O3. The van der Waals surface area contributed by atoms with Gasteiger partial charge in [-0.2, -0.15) is 0 Å². The van der Waals surface area contributed by atoms with Crippen LogP contribution in [0.1, 0.15) is 29.6 Å². The summed E-state index contributed by atoms with van der Waals surface area (Å²) in [6.45, 7) is 0.463. The molecule has 1 saturated heterocycles. The Bertz CT molecular complexity index is 686. The van der Waals surface area contributed by atoms with Gasteiger partial charge >= 0.3 is 5.97 Å². The van der Waals surface area contributed by atoms with E-state index in [1.54, 1.807) is 24.3 Å². The number of aliphatic carboxylic acids is 1. The number of hydrogen-bond acceptors (Lipinski definition) is 5. The molecule has 114 valence electrons. The number of aromatic nitrogens is 4. The lowest BCUT2D eigenvalue weighted by Crippen LogP contribution is -2.48. The van der Waals surface area contributed by atoms with Crippen molar-refractivity contribution in [1.29, 1.82) is 0 Å². The Labute approximate surface area is 126 Å². The lowest BCUT2D eigenvalue weighted by molar-refractivity contribution is -0.143. The molecule has 0 aliphatic carbocycles. The van der Waals surface area contributed by atoms with Crippen LogP contribution in [-0.4, -0.2) is 54.7 Å². The highest BCUT2D eigenvalue weighted by Gasteiger charge is 2.32. The average Bonchev–Trinajstić information content (AvgIpc) is 3.09. The number of carboxylic acid groups (broad SMARTS) is 1. The number of carboxylic acids is 1. The molecule has 1 aliphatic rings. The maximum atomic E-state index is 12.6. The molecule has 8 heteroatoms. The van der Waals surface area contributed by atoms with E-state index in [1.807, 2.05) is 0 Å². The maximum absolute atomic E-state index is 12.6. The first-order valence-corrected chi connectivity index (χ1v) is 7.04. The minimum atomic E-state index is -0.954. The third kappa shape index (κ3) is 2.67. The summed E-state index contributed by atoms with van der Waals surface area (Å²) in [5.74, 6) is -1.23. The molecule has 1 atom stereocenters. The van der Waals surface area contributed by atoms with E-state index in [0.29, 0.717) is 24.2 Å². The average molecular weight is 301 g/mol. The number of rotatable bonds is 3. The summed E-state index contributed by atoms with van der Waals surface area (Å²) in [5, 5.41) is 20.2. The third-order valence-corrected chi connectivity index (χ3v) is 3.76. The van der Waals surface area contributed by atoms with Gasteiger partial charge in [-0.05, 0) is 47.9 Å². The number of likely N-dealkylation sites (tertiary alicyclic amines) is 1. The second-order valence-corrected chi connectivity index (χ2v) is 5.15. The van der Waals surface area contributed by atoms with Crippen LogP contribution in [0, 0.1) is 0 Å². The number of carbonyl (C=O) groups is 2. The Morgan fingerprint density at radius 1 is 1.27 bits per heavy atom. The maximum Gasteiger partial charge on any atom is 0.326 e. The summed E-state index contributed by atoms with van der Waals surface area (Å²) in [6, 6.07) is 6.08. The van der Waals surface area contributed by atoms with E-state index in [1.165, 1.54) is 15.9 Å². The molecule has 0 radical (unpaired) electrons. The second kappa shape index (κ2) is 5.92. The molecule has 1 aliphatic heterocycles. The van der Waals surface area contributed by atoms with Crippen molar-refractivity contribution in [3.8, 4) is 5.69 Å². The lowest BCUT2D eigenvalue weighted by atomic mass is 10.0. The summed E-state index contributed by atoms with van der Waals surface area (Å²) in [4.78, 5) is 25.4. The van der Waals surface area contributed by atoms with Crippen LogP contribution in [0.3, 0.4) is 0 Å². The van der Waals surface area contributed by atoms with Gasteiger partial charge in [-0.3, -0.25) is 4.79 Å². The van der Waals surface area contributed by atoms with Gasteiger partial charge in [0.1, 0.15) is 12.4 Å². The molecule has 3 rings (SSSR count). The molecule has 2 heterocycles. The quantitative estimate of drug-likeness (QED) is 0.897. The van der Waals surface area contributed by atoms with Crippen LogP contribution in [0.25, 0.3) is 5.69 Å². The first-order valence-electron chi connectivity index (χ1n) is 7.04. The standard InChI is InChI=1S/C14H15N5O3/c20-13(18-7-2-1-6-12(18)14(21)22)10-4-3-5-11(8-10)19-9-15-16-17-19/h3-5,8-9,12H,1-2,6-7H2,(H,21,22)/t12-/m1/s1. The van der Waals surface area contributed by atoms with Crippen molar-refractivity contribution in [1.82, 2.24) is 25.1 Å². The molecule has 1 amide bonds. The van der Waals surface area contributed by atoms with Gasteiger partial charge in [0, 0.05) is 12.1 Å². The number of carbonyl (C=O) groups excluding carboxylic acids is 1. The Balaban J connectivity index is 1.88. The van der Waals surface area contributed by atoms with Crippen molar-refractivity contribution in [2.24, 2.45) is 0 Å². The zero-order chi connectivity index (χ0) is 15.5. The Morgan fingerprint density at radius 2 is 2.14 bits per heavy atom. The van der Waals surface area contributed by atoms with Crippen molar-refractivity contribution in [3.63, 3.8) is 0 Å². The van der Waals surface area contributed by atoms with Crippen LogP contribution in [0.4, 0.5) is 0 Å². The molecule has 1 N–H and O–H groups in total. The first kappa shape index (κ1) is 14.2. The SMILES string of the molecule is O=C(O)[C@H]1CCCCN1C(=O)c1cccc(-n2cnnn2)c1. The highest BCUT2D eigenvalue weighted by Crippen LogP contribution is 2.21. The van der Waals surface area contributed by atoms with E-state index in [-0.39, 0.29) is 5.91 Å². The van der Waals surface area contributed by atoms with Crippen molar-refractivity contribution < 1.29 is 14.7 Å². The van der Waals surface area contributed by atoms with E-state index in [2.05, 4.69) is 15.5 Å². The van der Waals surface area contributed by atoms with Gasteiger partial charge in [0.25, 0.3) is 5.91 Å². The van der Waals surface area contributed by atoms with E-state index >= 15 is 0 Å². The van der Waals surface area contributed by atoms with Gasteiger partial charge in [-0.1, -0.05) is 6.07 Å². The topological polar surface area (TPSA) is 101 Å². The molecule has 0 bridgehead atoms. The largest absolute Gasteiger partial charge is 0.480 e. The first-order chi connectivity index (χ1) is 10.7. The normalized spacial score (nSPS) is 18.2. The van der Waals surface area contributed by atoms with E-state index < -0.39 is 12.0 Å². The molecule has 0 saturated carbocycles. The Morgan fingerprint density at radius 3 is 2.86 bits per heavy atom. The molecule has 1 aromatic carbocycles. The van der Waals surface area contributed by atoms with Crippen LogP contribution >= 0.6 is 0 Å². The van der Waals surface area contributed by atoms with Gasteiger partial charge in [0.15, 0.2) is 0 Å². The number of nitrogens with zero attached hydrogens (tertiary/aromatic N) is 5. The van der Waals surface area contributed by atoms with Gasteiger partial charge < -0.3 is 10.0 Å². The molecule has 2 aromatic rings. The summed E-state index contributed by atoms with van der Waals surface area (Å²) < 4.78 is 1.45. The number of amides is 1. The highest BCUT2D eigenvalue weighted by atomic mass is 16.4. The smallest absolute Gasteiger partial charge is 0.326 e. The van der Waals surface area contributed by atoms with Crippen LogP contribution < -0.4 is 0 Å². The van der Waals surface area contributed by atoms with Gasteiger partial charge in [0.05, 0.1) is 5.69 Å². The minimum Gasteiger partial charge on any atom is -0.480 e. The van der Waals surface area contributed by atoms with Crippen molar-refractivity contribution in [3.05, 3.63) is 36.2 Å². The molecule has 0 unspecified atom stereocenters. The molecule has 8 nitrogen and oxygen atoms in total. The fourth-order valence-electron chi connectivity index (χ4n) is 2.66. The van der Waals surface area contributed by atoms with Crippen LogP contribution in [0.5, 0.6) is 0 Å².